The Morgan fingerprint density at radius 2 is 1.50 bits per heavy atom. The molecule has 0 heterocycles. The number of halogens is 4. The Morgan fingerprint density at radius 3 is 2.04 bits per heavy atom. The second kappa shape index (κ2) is 10.8. The van der Waals surface area contributed by atoms with Gasteiger partial charge in [-0.1, -0.05) is 46.4 Å². The number of nitrogens with one attached hydrogen (secondary N) is 1. The van der Waals surface area contributed by atoms with Crippen molar-refractivity contribution in [3.63, 3.8) is 0 Å². The van der Waals surface area contributed by atoms with E-state index in [4.69, 9.17) is 55.5 Å². The number of benzene rings is 2. The Labute approximate surface area is 184 Å². The monoisotopic (exact) mass is 482 g/mol. The number of rotatable bonds is 8. The maximum Gasteiger partial charge on any atom is 0.338 e. The third kappa shape index (κ3) is 6.93. The normalized spacial score (nSPS) is 12.3. The first kappa shape index (κ1) is 23.5. The number of anilines is 1. The molecule has 0 saturated heterocycles. The molecule has 2 rings (SSSR count). The summed E-state index contributed by atoms with van der Waals surface area (Å²) in [5.74, 6) is 0.349. The molecule has 0 aliphatic rings. The van der Waals surface area contributed by atoms with E-state index in [1.165, 1.54) is 0 Å². The SMILES string of the molecule is CCOP(=O)(CC(=Nc1ccc(Cl)c(Cl)c1)Nc1ccc(Cl)c(Cl)c1)OCC. The molecule has 0 bridgehead atoms. The average molecular weight is 484 g/mol. The molecule has 0 aliphatic heterocycles. The van der Waals surface area contributed by atoms with Gasteiger partial charge < -0.3 is 14.4 Å². The first-order chi connectivity index (χ1) is 13.3. The summed E-state index contributed by atoms with van der Waals surface area (Å²) in [6, 6.07) is 9.94. The zero-order valence-corrected chi connectivity index (χ0v) is 19.1. The molecule has 5 nitrogen and oxygen atoms in total. The van der Waals surface area contributed by atoms with Gasteiger partial charge in [0.1, 0.15) is 12.0 Å². The van der Waals surface area contributed by atoms with E-state index in [1.54, 1.807) is 50.2 Å². The van der Waals surface area contributed by atoms with Crippen LogP contribution in [-0.4, -0.2) is 25.2 Å². The molecule has 0 aliphatic carbocycles. The number of hydrogen-bond donors (Lipinski definition) is 1. The summed E-state index contributed by atoms with van der Waals surface area (Å²) in [6.07, 6.45) is -0.0742. The van der Waals surface area contributed by atoms with Crippen molar-refractivity contribution in [1.82, 2.24) is 0 Å². The summed E-state index contributed by atoms with van der Waals surface area (Å²) in [4.78, 5) is 4.51. The molecule has 0 spiro atoms. The Kier molecular flexibility index (Phi) is 9.10. The number of aliphatic imine (C=N–C) groups is 1. The molecular formula is C18H19Cl4N2O3P. The molecule has 0 atom stereocenters. The summed E-state index contributed by atoms with van der Waals surface area (Å²) in [7, 11) is -3.40. The van der Waals surface area contributed by atoms with E-state index in [9.17, 15) is 4.57 Å². The Balaban J connectivity index is 2.40. The predicted octanol–water partition coefficient (Wildman–Crippen LogP) is 7.71. The zero-order chi connectivity index (χ0) is 20.7. The van der Waals surface area contributed by atoms with Gasteiger partial charge in [-0.05, 0) is 50.2 Å². The van der Waals surface area contributed by atoms with Crippen LogP contribution in [0.2, 0.25) is 20.1 Å². The Morgan fingerprint density at radius 1 is 0.929 bits per heavy atom. The van der Waals surface area contributed by atoms with Crippen molar-refractivity contribution in [2.24, 2.45) is 4.99 Å². The van der Waals surface area contributed by atoms with Crippen LogP contribution in [0.5, 0.6) is 0 Å². The van der Waals surface area contributed by atoms with Crippen molar-refractivity contribution < 1.29 is 13.6 Å². The predicted molar refractivity (Wildman–Crippen MR) is 119 cm³/mol. The molecule has 152 valence electrons. The fourth-order valence-corrected chi connectivity index (χ4v) is 4.41. The zero-order valence-electron chi connectivity index (χ0n) is 15.2. The van der Waals surface area contributed by atoms with Crippen molar-refractivity contribution in [1.29, 1.82) is 0 Å². The Bertz CT molecular complexity index is 898. The van der Waals surface area contributed by atoms with Crippen LogP contribution in [-0.2, 0) is 13.6 Å². The molecular weight excluding hydrogens is 465 g/mol. The van der Waals surface area contributed by atoms with Crippen LogP contribution < -0.4 is 5.32 Å². The molecule has 10 heteroatoms. The maximum atomic E-state index is 13.0. The molecule has 0 aromatic heterocycles. The van der Waals surface area contributed by atoms with Crippen LogP contribution in [0.1, 0.15) is 13.8 Å². The minimum atomic E-state index is -3.40. The quantitative estimate of drug-likeness (QED) is 0.237. The van der Waals surface area contributed by atoms with E-state index in [1.807, 2.05) is 0 Å². The van der Waals surface area contributed by atoms with Crippen molar-refractivity contribution in [2.45, 2.75) is 13.8 Å². The largest absolute Gasteiger partial charge is 0.343 e. The topological polar surface area (TPSA) is 59.9 Å². The highest BCUT2D eigenvalue weighted by molar-refractivity contribution is 7.55. The van der Waals surface area contributed by atoms with Gasteiger partial charge in [-0.2, -0.15) is 0 Å². The molecule has 28 heavy (non-hydrogen) atoms. The van der Waals surface area contributed by atoms with Gasteiger partial charge in [0, 0.05) is 5.69 Å². The lowest BCUT2D eigenvalue weighted by molar-refractivity contribution is 0.223. The van der Waals surface area contributed by atoms with Crippen LogP contribution in [0.25, 0.3) is 0 Å². The lowest BCUT2D eigenvalue weighted by Gasteiger charge is -2.19. The lowest BCUT2D eigenvalue weighted by atomic mass is 10.3. The van der Waals surface area contributed by atoms with Gasteiger partial charge in [0.05, 0.1) is 39.0 Å². The highest BCUT2D eigenvalue weighted by Crippen LogP contribution is 2.48. The van der Waals surface area contributed by atoms with Crippen molar-refractivity contribution >= 4 is 71.2 Å². The summed E-state index contributed by atoms with van der Waals surface area (Å²) >= 11 is 24.1. The summed E-state index contributed by atoms with van der Waals surface area (Å²) < 4.78 is 23.7. The van der Waals surface area contributed by atoms with Gasteiger partial charge >= 0.3 is 7.60 Å². The summed E-state index contributed by atoms with van der Waals surface area (Å²) in [5, 5.41) is 4.66. The van der Waals surface area contributed by atoms with Gasteiger partial charge in [-0.3, -0.25) is 4.57 Å². The van der Waals surface area contributed by atoms with E-state index < -0.39 is 7.60 Å². The Hall–Kier alpha value is -0.780. The smallest absolute Gasteiger partial charge is 0.338 e. The van der Waals surface area contributed by atoms with Crippen LogP contribution in [0, 0.1) is 0 Å². The van der Waals surface area contributed by atoms with E-state index in [0.717, 1.165) is 0 Å². The van der Waals surface area contributed by atoms with Crippen molar-refractivity contribution in [3.8, 4) is 0 Å². The molecule has 0 unspecified atom stereocenters. The van der Waals surface area contributed by atoms with E-state index in [2.05, 4.69) is 10.3 Å². The minimum absolute atomic E-state index is 0.0742. The molecule has 2 aromatic carbocycles. The van der Waals surface area contributed by atoms with Gasteiger partial charge in [0.25, 0.3) is 0 Å². The van der Waals surface area contributed by atoms with Gasteiger partial charge in [-0.25, -0.2) is 4.99 Å². The standard InChI is InChI=1S/C18H19Cl4N2O3P/c1-3-26-28(25,27-4-2)11-18(23-12-5-7-14(19)16(21)9-12)24-13-6-8-15(20)17(22)10-13/h5-10H,3-4,11H2,1-2H3,(H,23,24). The summed E-state index contributed by atoms with van der Waals surface area (Å²) in [6.45, 7) is 3.97. The maximum absolute atomic E-state index is 13.0. The second-order valence-corrected chi connectivity index (χ2v) is 9.20. The third-order valence-electron chi connectivity index (χ3n) is 3.37. The van der Waals surface area contributed by atoms with Crippen LogP contribution >= 0.6 is 54.0 Å². The minimum Gasteiger partial charge on any atom is -0.343 e. The number of hydrogen-bond acceptors (Lipinski definition) is 4. The van der Waals surface area contributed by atoms with Crippen LogP contribution in [0.3, 0.4) is 0 Å². The van der Waals surface area contributed by atoms with Gasteiger partial charge in [0.2, 0.25) is 0 Å². The van der Waals surface area contributed by atoms with Crippen molar-refractivity contribution in [3.05, 3.63) is 56.5 Å². The second-order valence-electron chi connectivity index (χ2n) is 5.52. The fourth-order valence-electron chi connectivity index (χ4n) is 2.26. The van der Waals surface area contributed by atoms with E-state index in [-0.39, 0.29) is 19.4 Å². The number of nitrogens with zero attached hydrogens (tertiary/aromatic N) is 1. The average Bonchev–Trinajstić information content (AvgIpc) is 2.61. The lowest BCUT2D eigenvalue weighted by Crippen LogP contribution is -2.18. The first-order valence-electron chi connectivity index (χ1n) is 8.39. The molecule has 1 N–H and O–H groups in total. The summed E-state index contributed by atoms with van der Waals surface area (Å²) in [5.41, 5.74) is 1.14. The van der Waals surface area contributed by atoms with E-state index >= 15 is 0 Å². The van der Waals surface area contributed by atoms with Crippen LogP contribution in [0.4, 0.5) is 11.4 Å². The van der Waals surface area contributed by atoms with E-state index in [0.29, 0.717) is 37.3 Å². The molecule has 0 saturated carbocycles. The van der Waals surface area contributed by atoms with Gasteiger partial charge in [0.15, 0.2) is 0 Å². The highest BCUT2D eigenvalue weighted by atomic mass is 35.5. The van der Waals surface area contributed by atoms with Gasteiger partial charge in [-0.15, -0.1) is 0 Å². The fraction of sp³-hybridized carbons (Fsp3) is 0.278. The van der Waals surface area contributed by atoms with Crippen LogP contribution in [0.15, 0.2) is 41.4 Å². The van der Waals surface area contributed by atoms with Crippen molar-refractivity contribution in [2.75, 3.05) is 24.7 Å². The molecule has 0 radical (unpaired) electrons. The third-order valence-corrected chi connectivity index (χ3v) is 6.84. The molecule has 2 aromatic rings. The number of amidine groups is 1. The molecule has 0 amide bonds. The first-order valence-corrected chi connectivity index (χ1v) is 11.6. The highest BCUT2D eigenvalue weighted by Gasteiger charge is 2.26. The molecule has 0 fully saturated rings.